The second-order valence-corrected chi connectivity index (χ2v) is 9.41. The number of rotatable bonds is 13. The number of nitrogens with zero attached hydrogens (tertiary/aromatic N) is 1. The van der Waals surface area contributed by atoms with Crippen molar-refractivity contribution in [2.75, 3.05) is 16.3 Å². The van der Waals surface area contributed by atoms with Gasteiger partial charge in [0.2, 0.25) is 5.91 Å². The summed E-state index contributed by atoms with van der Waals surface area (Å²) in [4.78, 5) is 12.4. The number of amides is 1. The summed E-state index contributed by atoms with van der Waals surface area (Å²) >= 11 is 1.84. The van der Waals surface area contributed by atoms with E-state index in [1.54, 1.807) is 6.07 Å². The molecule has 0 saturated carbocycles. The van der Waals surface area contributed by atoms with E-state index in [1.165, 1.54) is 49.3 Å². The lowest BCUT2D eigenvalue weighted by molar-refractivity contribution is -0.118. The third-order valence-electron chi connectivity index (χ3n) is 4.27. The van der Waals surface area contributed by atoms with Gasteiger partial charge in [0, 0.05) is 6.42 Å². The van der Waals surface area contributed by atoms with Gasteiger partial charge in [0.15, 0.2) is 0 Å². The summed E-state index contributed by atoms with van der Waals surface area (Å²) in [6.45, 7) is 0. The molecule has 28 heavy (non-hydrogen) atoms. The van der Waals surface area contributed by atoms with Crippen molar-refractivity contribution in [2.24, 2.45) is 0 Å². The van der Waals surface area contributed by atoms with Gasteiger partial charge in [-0.3, -0.25) is 13.9 Å². The minimum absolute atomic E-state index is 0.110. The summed E-state index contributed by atoms with van der Waals surface area (Å²) in [5.74, 6) is 0.248. The smallest absolute Gasteiger partial charge is 0.274 e. The molecule has 9 heteroatoms. The molecular formula is C19H30F3NO3S2. The first kappa shape index (κ1) is 25.1. The van der Waals surface area contributed by atoms with Gasteiger partial charge in [0.25, 0.3) is 0 Å². The van der Waals surface area contributed by atoms with Crippen LogP contribution in [0.2, 0.25) is 0 Å². The van der Waals surface area contributed by atoms with E-state index in [1.807, 2.05) is 11.8 Å². The van der Waals surface area contributed by atoms with E-state index in [4.69, 9.17) is 0 Å². The molecular weight excluding hydrogens is 411 g/mol. The van der Waals surface area contributed by atoms with Crippen LogP contribution in [0.4, 0.5) is 18.9 Å². The van der Waals surface area contributed by atoms with Crippen LogP contribution in [0.1, 0.15) is 57.8 Å². The summed E-state index contributed by atoms with van der Waals surface area (Å²) in [6, 6.07) is 6.98. The number of para-hydroxylation sites is 1. The minimum atomic E-state index is -5.31. The Bertz CT molecular complexity index is 571. The van der Waals surface area contributed by atoms with Crippen molar-refractivity contribution in [1.82, 2.24) is 0 Å². The topological polar surface area (TPSA) is 60.8 Å². The largest absolute Gasteiger partial charge is 0.514 e. The Hall–Kier alpha value is -0.900. The Morgan fingerprint density at radius 1 is 0.964 bits per heavy atom. The SMILES string of the molecule is CSCCCCCCCCCCC(=O)N(c1ccccc1)S(O)(O)C(F)(F)F. The number of carbonyl (C=O) groups excluding carboxylic acids is 1. The maximum atomic E-state index is 13.1. The van der Waals surface area contributed by atoms with Gasteiger partial charge in [-0.15, -0.1) is 0 Å². The highest BCUT2D eigenvalue weighted by Gasteiger charge is 2.52. The number of thioether (sulfide) groups is 1. The van der Waals surface area contributed by atoms with Gasteiger partial charge in [-0.05, 0) is 47.8 Å². The molecule has 162 valence electrons. The fourth-order valence-corrected chi connectivity index (χ4v) is 4.28. The van der Waals surface area contributed by atoms with Crippen molar-refractivity contribution >= 4 is 34.1 Å². The van der Waals surface area contributed by atoms with Crippen molar-refractivity contribution in [3.63, 3.8) is 0 Å². The van der Waals surface area contributed by atoms with Gasteiger partial charge in [-0.25, -0.2) is 0 Å². The highest BCUT2D eigenvalue weighted by atomic mass is 32.3. The van der Waals surface area contributed by atoms with Gasteiger partial charge in [-0.2, -0.15) is 29.2 Å². The summed E-state index contributed by atoms with van der Waals surface area (Å²) in [7, 11) is -5.27. The maximum Gasteiger partial charge on any atom is 0.514 e. The molecule has 0 atom stereocenters. The van der Waals surface area contributed by atoms with Crippen LogP contribution in [-0.4, -0.2) is 32.5 Å². The number of carbonyl (C=O) groups is 1. The Balaban J connectivity index is 2.49. The van der Waals surface area contributed by atoms with Gasteiger partial charge in [0.1, 0.15) is 0 Å². The van der Waals surface area contributed by atoms with E-state index in [0.29, 0.717) is 6.42 Å². The van der Waals surface area contributed by atoms with Crippen LogP contribution in [0.15, 0.2) is 30.3 Å². The Morgan fingerprint density at radius 3 is 1.96 bits per heavy atom. The van der Waals surface area contributed by atoms with Crippen LogP contribution >= 0.6 is 22.5 Å². The third kappa shape index (κ3) is 8.23. The zero-order chi connectivity index (χ0) is 21.0. The molecule has 0 aliphatic heterocycles. The lowest BCUT2D eigenvalue weighted by atomic mass is 10.1. The molecule has 0 heterocycles. The third-order valence-corrected chi connectivity index (χ3v) is 6.51. The molecule has 0 saturated heterocycles. The molecule has 0 aliphatic rings. The molecule has 4 nitrogen and oxygen atoms in total. The number of hydrogen-bond acceptors (Lipinski definition) is 4. The first-order valence-corrected chi connectivity index (χ1v) is 12.3. The molecule has 0 aromatic heterocycles. The molecule has 0 bridgehead atoms. The average Bonchev–Trinajstić information content (AvgIpc) is 2.63. The van der Waals surface area contributed by atoms with Crippen LogP contribution in [0, 0.1) is 0 Å². The quantitative estimate of drug-likeness (QED) is 0.321. The minimum Gasteiger partial charge on any atom is -0.274 e. The number of hydrogen-bond donors (Lipinski definition) is 2. The number of anilines is 1. The zero-order valence-corrected chi connectivity index (χ0v) is 17.8. The lowest BCUT2D eigenvalue weighted by Crippen LogP contribution is -2.40. The van der Waals surface area contributed by atoms with Crippen molar-refractivity contribution in [3.05, 3.63) is 30.3 Å². The van der Waals surface area contributed by atoms with Crippen LogP contribution in [0.3, 0.4) is 0 Å². The maximum absolute atomic E-state index is 13.1. The first-order valence-electron chi connectivity index (χ1n) is 9.43. The number of benzene rings is 1. The van der Waals surface area contributed by atoms with Crippen LogP contribution < -0.4 is 4.31 Å². The first-order chi connectivity index (χ1) is 13.2. The molecule has 0 aliphatic carbocycles. The number of unbranched alkanes of at least 4 members (excludes halogenated alkanes) is 7. The molecule has 0 unspecified atom stereocenters. The second kappa shape index (κ2) is 12.6. The number of halogens is 3. The molecule has 1 rings (SSSR count). The van der Waals surface area contributed by atoms with Crippen molar-refractivity contribution in [1.29, 1.82) is 0 Å². The predicted octanol–water partition coefficient (Wildman–Crippen LogP) is 7.08. The molecule has 1 aromatic rings. The van der Waals surface area contributed by atoms with E-state index >= 15 is 0 Å². The highest BCUT2D eigenvalue weighted by Crippen LogP contribution is 2.59. The van der Waals surface area contributed by atoms with Gasteiger partial charge in [0.05, 0.1) is 5.69 Å². The molecule has 0 radical (unpaired) electrons. The highest BCUT2D eigenvalue weighted by molar-refractivity contribution is 8.26. The summed E-state index contributed by atoms with van der Waals surface area (Å²) in [5, 5.41) is 0. The molecule has 0 spiro atoms. The van der Waals surface area contributed by atoms with E-state index in [-0.39, 0.29) is 16.4 Å². The zero-order valence-electron chi connectivity index (χ0n) is 16.2. The second-order valence-electron chi connectivity index (χ2n) is 6.56. The van der Waals surface area contributed by atoms with Gasteiger partial charge in [-0.1, -0.05) is 56.7 Å². The predicted molar refractivity (Wildman–Crippen MR) is 113 cm³/mol. The normalized spacial score (nSPS) is 12.8. The molecule has 0 fully saturated rings. The average molecular weight is 442 g/mol. The number of alkyl halides is 3. The van der Waals surface area contributed by atoms with Crippen LogP contribution in [-0.2, 0) is 4.79 Å². The Labute approximate surface area is 171 Å². The molecule has 1 amide bonds. The van der Waals surface area contributed by atoms with Crippen LogP contribution in [0.25, 0.3) is 0 Å². The Morgan fingerprint density at radius 2 is 1.46 bits per heavy atom. The summed E-state index contributed by atoms with van der Waals surface area (Å²) < 4.78 is 58.9. The molecule has 2 N–H and O–H groups in total. The van der Waals surface area contributed by atoms with Crippen molar-refractivity contribution < 1.29 is 27.1 Å². The van der Waals surface area contributed by atoms with Crippen molar-refractivity contribution in [3.8, 4) is 0 Å². The van der Waals surface area contributed by atoms with E-state index in [0.717, 1.165) is 25.7 Å². The van der Waals surface area contributed by atoms with Crippen LogP contribution in [0.5, 0.6) is 0 Å². The van der Waals surface area contributed by atoms with Crippen molar-refractivity contribution in [2.45, 2.75) is 63.3 Å². The standard InChI is InChI=1S/C19H30F3NO3S2/c1-27-16-12-7-5-3-2-4-6-11-15-18(24)23(17-13-9-8-10-14-17)28(25,26)19(20,21)22/h8-10,13-14,25-26H,2-7,11-12,15-16H2,1H3. The monoisotopic (exact) mass is 441 g/mol. The van der Waals surface area contributed by atoms with Gasteiger partial charge < -0.3 is 0 Å². The molecule has 1 aromatic carbocycles. The van der Waals surface area contributed by atoms with E-state index in [2.05, 4.69) is 6.26 Å². The summed E-state index contributed by atoms with van der Waals surface area (Å²) in [5.41, 5.74) is -5.48. The Kier molecular flexibility index (Phi) is 11.3. The van der Waals surface area contributed by atoms with E-state index in [9.17, 15) is 27.1 Å². The summed E-state index contributed by atoms with van der Waals surface area (Å²) in [6.07, 6.45) is 9.75. The van der Waals surface area contributed by atoms with E-state index < -0.39 is 22.2 Å². The van der Waals surface area contributed by atoms with Gasteiger partial charge >= 0.3 is 5.51 Å². The fraction of sp³-hybridized carbons (Fsp3) is 0.632. The fourth-order valence-electron chi connectivity index (χ4n) is 2.78. The lowest BCUT2D eigenvalue weighted by Gasteiger charge is -2.42.